The lowest BCUT2D eigenvalue weighted by atomic mass is 10.4. The number of thiazole rings is 1. The van der Waals surface area contributed by atoms with E-state index in [0.717, 1.165) is 17.8 Å². The zero-order chi connectivity index (χ0) is 12.4. The van der Waals surface area contributed by atoms with E-state index in [-0.39, 0.29) is 16.4 Å². The summed E-state index contributed by atoms with van der Waals surface area (Å²) in [5, 5.41) is 0. The first kappa shape index (κ1) is 11.6. The van der Waals surface area contributed by atoms with Gasteiger partial charge in [-0.2, -0.15) is 4.98 Å². The van der Waals surface area contributed by atoms with Crippen molar-refractivity contribution in [2.45, 2.75) is 19.9 Å². The van der Waals surface area contributed by atoms with Gasteiger partial charge < -0.3 is 5.73 Å². The molecule has 0 fully saturated rings. The van der Waals surface area contributed by atoms with Gasteiger partial charge in [0.2, 0.25) is 5.95 Å². The lowest BCUT2D eigenvalue weighted by molar-refractivity contribution is 0.822. The third kappa shape index (κ3) is 2.14. The molecule has 0 aliphatic heterocycles. The largest absolute Gasteiger partial charge is 0.369 e. The van der Waals surface area contributed by atoms with Gasteiger partial charge in [-0.3, -0.25) is 19.1 Å². The van der Waals surface area contributed by atoms with Gasteiger partial charge in [-0.05, 0) is 6.42 Å². The molecule has 0 radical (unpaired) electrons. The number of aromatic amines is 1. The number of nitrogens with two attached hydrogens (primary N) is 1. The molecule has 0 aliphatic carbocycles. The van der Waals surface area contributed by atoms with Gasteiger partial charge in [0.1, 0.15) is 4.70 Å². The third-order valence-electron chi connectivity index (χ3n) is 2.23. The standard InChI is InChI=1S/C10H12N4O2S/c1-2-3-4-5-14-7-6(17-10(14)16)8(15)13-9(11)12-7/h3-4H,2,5H2,1H3,(H3,11,12,13,15). The Bertz CT molecular complexity index is 680. The SMILES string of the molecule is CCC=CCn1c(=O)sc2c(=O)[nH]c(N)nc21. The highest BCUT2D eigenvalue weighted by molar-refractivity contribution is 7.16. The van der Waals surface area contributed by atoms with E-state index in [0.29, 0.717) is 16.9 Å². The highest BCUT2D eigenvalue weighted by Crippen LogP contribution is 2.10. The average molecular weight is 252 g/mol. The third-order valence-corrected chi connectivity index (χ3v) is 3.20. The molecule has 0 unspecified atom stereocenters. The second-order valence-electron chi connectivity index (χ2n) is 3.46. The lowest BCUT2D eigenvalue weighted by Crippen LogP contribution is -2.14. The Balaban J connectivity index is 2.62. The number of nitrogens with zero attached hydrogens (tertiary/aromatic N) is 2. The molecule has 17 heavy (non-hydrogen) atoms. The quantitative estimate of drug-likeness (QED) is 0.786. The maximum atomic E-state index is 11.7. The number of hydrogen-bond acceptors (Lipinski definition) is 5. The van der Waals surface area contributed by atoms with E-state index in [1.807, 2.05) is 19.1 Å². The van der Waals surface area contributed by atoms with Crippen LogP contribution in [0.25, 0.3) is 10.3 Å². The summed E-state index contributed by atoms with van der Waals surface area (Å²) in [5.74, 6) is 0.0218. The maximum absolute atomic E-state index is 11.7. The molecule has 0 saturated heterocycles. The maximum Gasteiger partial charge on any atom is 0.309 e. The molecule has 0 bridgehead atoms. The number of anilines is 1. The summed E-state index contributed by atoms with van der Waals surface area (Å²) < 4.78 is 1.76. The first-order valence-corrected chi connectivity index (χ1v) is 5.99. The fourth-order valence-corrected chi connectivity index (χ4v) is 2.32. The molecule has 90 valence electrons. The van der Waals surface area contributed by atoms with Gasteiger partial charge in [0.25, 0.3) is 5.56 Å². The van der Waals surface area contributed by atoms with E-state index in [1.54, 1.807) is 0 Å². The van der Waals surface area contributed by atoms with Gasteiger partial charge in [-0.15, -0.1) is 0 Å². The molecule has 0 aliphatic rings. The van der Waals surface area contributed by atoms with Gasteiger partial charge in [0, 0.05) is 6.54 Å². The molecule has 2 aromatic heterocycles. The molecular weight excluding hydrogens is 240 g/mol. The first-order valence-electron chi connectivity index (χ1n) is 5.17. The van der Waals surface area contributed by atoms with Gasteiger partial charge in [-0.25, -0.2) is 0 Å². The highest BCUT2D eigenvalue weighted by atomic mass is 32.1. The number of fused-ring (bicyclic) bond motifs is 1. The number of H-pyrrole nitrogens is 1. The lowest BCUT2D eigenvalue weighted by Gasteiger charge is -1.98. The van der Waals surface area contributed by atoms with Crippen LogP contribution < -0.4 is 16.2 Å². The summed E-state index contributed by atoms with van der Waals surface area (Å²) >= 11 is 0.884. The second-order valence-corrected chi connectivity index (χ2v) is 4.42. The normalized spacial score (nSPS) is 11.6. The van der Waals surface area contributed by atoms with Crippen molar-refractivity contribution >= 4 is 27.6 Å². The van der Waals surface area contributed by atoms with Crippen molar-refractivity contribution in [1.82, 2.24) is 14.5 Å². The van der Waals surface area contributed by atoms with Gasteiger partial charge >= 0.3 is 4.87 Å². The zero-order valence-electron chi connectivity index (χ0n) is 9.27. The van der Waals surface area contributed by atoms with E-state index >= 15 is 0 Å². The van der Waals surface area contributed by atoms with Crippen molar-refractivity contribution < 1.29 is 0 Å². The Morgan fingerprint density at radius 1 is 1.47 bits per heavy atom. The van der Waals surface area contributed by atoms with Crippen LogP contribution in [0.1, 0.15) is 13.3 Å². The molecule has 0 amide bonds. The minimum Gasteiger partial charge on any atom is -0.369 e. The Labute approximate surface area is 100 Å². The molecule has 0 atom stereocenters. The van der Waals surface area contributed by atoms with Crippen molar-refractivity contribution in [3.63, 3.8) is 0 Å². The molecule has 7 heteroatoms. The van der Waals surface area contributed by atoms with Crippen LogP contribution >= 0.6 is 11.3 Å². The zero-order valence-corrected chi connectivity index (χ0v) is 10.1. The Morgan fingerprint density at radius 3 is 2.94 bits per heavy atom. The summed E-state index contributed by atoms with van der Waals surface area (Å²) in [6.07, 6.45) is 4.71. The van der Waals surface area contributed by atoms with E-state index < -0.39 is 0 Å². The summed E-state index contributed by atoms with van der Waals surface area (Å²) in [4.78, 5) is 29.4. The van der Waals surface area contributed by atoms with Gasteiger partial charge in [0.05, 0.1) is 0 Å². The van der Waals surface area contributed by atoms with Crippen molar-refractivity contribution in [2.24, 2.45) is 0 Å². The molecule has 3 N–H and O–H groups in total. The molecule has 2 heterocycles. The van der Waals surface area contributed by atoms with E-state index in [9.17, 15) is 9.59 Å². The van der Waals surface area contributed by atoms with Crippen LogP contribution in [0.4, 0.5) is 5.95 Å². The van der Waals surface area contributed by atoms with Crippen LogP contribution in [-0.2, 0) is 6.54 Å². The fraction of sp³-hybridized carbons (Fsp3) is 0.300. The molecule has 0 saturated carbocycles. The Morgan fingerprint density at radius 2 is 2.24 bits per heavy atom. The second kappa shape index (κ2) is 4.54. The van der Waals surface area contributed by atoms with Crippen molar-refractivity contribution in [3.8, 4) is 0 Å². The first-order chi connectivity index (χ1) is 8.13. The predicted molar refractivity (Wildman–Crippen MR) is 68.3 cm³/mol. The smallest absolute Gasteiger partial charge is 0.309 e. The van der Waals surface area contributed by atoms with Crippen LogP contribution in [0.3, 0.4) is 0 Å². The van der Waals surface area contributed by atoms with Crippen molar-refractivity contribution in [2.75, 3.05) is 5.73 Å². The number of allylic oxidation sites excluding steroid dienone is 2. The van der Waals surface area contributed by atoms with Crippen LogP contribution in [-0.4, -0.2) is 14.5 Å². The molecule has 0 spiro atoms. The monoisotopic (exact) mass is 252 g/mol. The highest BCUT2D eigenvalue weighted by Gasteiger charge is 2.11. The Hall–Kier alpha value is -1.89. The molecular formula is C10H12N4O2S. The topological polar surface area (TPSA) is 93.8 Å². The summed E-state index contributed by atoms with van der Waals surface area (Å²) in [5.41, 5.74) is 5.44. The molecule has 2 rings (SSSR count). The molecule has 2 aromatic rings. The van der Waals surface area contributed by atoms with Crippen molar-refractivity contribution in [3.05, 3.63) is 32.2 Å². The summed E-state index contributed by atoms with van der Waals surface area (Å²) in [7, 11) is 0. The van der Waals surface area contributed by atoms with Gasteiger partial charge in [0.15, 0.2) is 5.65 Å². The van der Waals surface area contributed by atoms with Crippen molar-refractivity contribution in [1.29, 1.82) is 0 Å². The van der Waals surface area contributed by atoms with Gasteiger partial charge in [-0.1, -0.05) is 30.4 Å². The number of nitrogen functional groups attached to an aromatic ring is 1. The van der Waals surface area contributed by atoms with Crippen LogP contribution in [0, 0.1) is 0 Å². The molecule has 0 aromatic carbocycles. The number of aromatic nitrogens is 3. The van der Waals surface area contributed by atoms with Crippen LogP contribution in [0.2, 0.25) is 0 Å². The fourth-order valence-electron chi connectivity index (χ4n) is 1.48. The van der Waals surface area contributed by atoms with Crippen LogP contribution in [0.5, 0.6) is 0 Å². The number of hydrogen-bond donors (Lipinski definition) is 2. The molecule has 6 nitrogen and oxygen atoms in total. The summed E-state index contributed by atoms with van der Waals surface area (Å²) in [6.45, 7) is 2.41. The summed E-state index contributed by atoms with van der Waals surface area (Å²) in [6, 6.07) is 0. The Kier molecular flexibility index (Phi) is 3.10. The van der Waals surface area contributed by atoms with Crippen LogP contribution in [0.15, 0.2) is 21.7 Å². The number of rotatable bonds is 3. The minimum atomic E-state index is -0.368. The average Bonchev–Trinajstić information content (AvgIpc) is 2.57. The number of nitrogens with one attached hydrogen (secondary N) is 1. The van der Waals surface area contributed by atoms with E-state index in [1.165, 1.54) is 4.57 Å². The van der Waals surface area contributed by atoms with E-state index in [2.05, 4.69) is 9.97 Å². The van der Waals surface area contributed by atoms with E-state index in [4.69, 9.17) is 5.73 Å². The predicted octanol–water partition coefficient (Wildman–Crippen LogP) is 0.695. The minimum absolute atomic E-state index is 0.0218.